The van der Waals surface area contributed by atoms with Crippen LogP contribution in [0, 0.1) is 20.8 Å². The quantitative estimate of drug-likeness (QED) is 0.578. The highest BCUT2D eigenvalue weighted by Crippen LogP contribution is 2.25. The normalized spacial score (nSPS) is 11.1. The summed E-state index contributed by atoms with van der Waals surface area (Å²) in [6, 6.07) is 9.63. The molecule has 144 valence electrons. The predicted octanol–water partition coefficient (Wildman–Crippen LogP) is 3.58. The van der Waals surface area contributed by atoms with E-state index in [1.807, 2.05) is 32.9 Å². The topological polar surface area (TPSA) is 72.0 Å². The van der Waals surface area contributed by atoms with Gasteiger partial charge in [-0.2, -0.15) is 5.10 Å². The summed E-state index contributed by atoms with van der Waals surface area (Å²) in [7, 11) is 3.18. The van der Waals surface area contributed by atoms with Gasteiger partial charge < -0.3 is 14.8 Å². The molecule has 2 rings (SSSR count). The van der Waals surface area contributed by atoms with Crippen molar-refractivity contribution < 1.29 is 14.3 Å². The van der Waals surface area contributed by atoms with Gasteiger partial charge in [0.25, 0.3) is 5.91 Å². The number of nitrogens with zero attached hydrogens (tertiary/aromatic N) is 1. The second kappa shape index (κ2) is 9.07. The number of carbonyl (C=O) groups is 1. The molecule has 0 aromatic heterocycles. The van der Waals surface area contributed by atoms with Crippen LogP contribution in [0.25, 0.3) is 0 Å². The third-order valence-electron chi connectivity index (χ3n) is 4.25. The zero-order chi connectivity index (χ0) is 20.0. The van der Waals surface area contributed by atoms with Gasteiger partial charge in [-0.15, -0.1) is 0 Å². The molecule has 0 bridgehead atoms. The molecule has 6 nitrogen and oxygen atoms in total. The molecular weight excluding hydrogens is 342 g/mol. The first-order chi connectivity index (χ1) is 12.8. The zero-order valence-electron chi connectivity index (χ0n) is 16.8. The van der Waals surface area contributed by atoms with Crippen molar-refractivity contribution in [3.8, 4) is 11.5 Å². The Balaban J connectivity index is 2.02. The first-order valence-corrected chi connectivity index (χ1v) is 8.73. The van der Waals surface area contributed by atoms with Crippen molar-refractivity contribution in [2.45, 2.75) is 27.7 Å². The van der Waals surface area contributed by atoms with Gasteiger partial charge in [0.2, 0.25) is 0 Å². The van der Waals surface area contributed by atoms with Gasteiger partial charge in [0, 0.05) is 17.3 Å². The number of carbonyl (C=O) groups excluding carboxylic acids is 1. The van der Waals surface area contributed by atoms with Crippen LogP contribution in [0.3, 0.4) is 0 Å². The van der Waals surface area contributed by atoms with Gasteiger partial charge >= 0.3 is 0 Å². The van der Waals surface area contributed by atoms with Gasteiger partial charge in [-0.25, -0.2) is 5.43 Å². The number of rotatable bonds is 7. The lowest BCUT2D eigenvalue weighted by molar-refractivity contribution is -0.119. The molecule has 0 saturated heterocycles. The third-order valence-corrected chi connectivity index (χ3v) is 4.25. The summed E-state index contributed by atoms with van der Waals surface area (Å²) in [4.78, 5) is 12.2. The maximum atomic E-state index is 12.2. The Morgan fingerprint density at radius 2 is 1.70 bits per heavy atom. The molecule has 0 saturated carbocycles. The number of amides is 1. The van der Waals surface area contributed by atoms with Crippen molar-refractivity contribution in [2.24, 2.45) is 5.10 Å². The Morgan fingerprint density at radius 3 is 2.30 bits per heavy atom. The molecule has 2 N–H and O–H groups in total. The second-order valence-electron chi connectivity index (χ2n) is 6.43. The highest BCUT2D eigenvalue weighted by molar-refractivity contribution is 6.01. The summed E-state index contributed by atoms with van der Waals surface area (Å²) in [6.07, 6.45) is 0. The van der Waals surface area contributed by atoms with E-state index < -0.39 is 0 Å². The summed E-state index contributed by atoms with van der Waals surface area (Å²) in [5.74, 6) is 1.11. The highest BCUT2D eigenvalue weighted by atomic mass is 16.5. The molecule has 0 atom stereocenters. The van der Waals surface area contributed by atoms with Gasteiger partial charge in [-0.1, -0.05) is 17.7 Å². The molecule has 0 unspecified atom stereocenters. The highest BCUT2D eigenvalue weighted by Gasteiger charge is 2.10. The summed E-state index contributed by atoms with van der Waals surface area (Å²) >= 11 is 0. The van der Waals surface area contributed by atoms with Gasteiger partial charge in [0.05, 0.1) is 26.5 Å². The summed E-state index contributed by atoms with van der Waals surface area (Å²) < 4.78 is 10.6. The molecule has 0 heterocycles. The number of ether oxygens (including phenoxy) is 2. The maximum absolute atomic E-state index is 12.2. The lowest BCUT2D eigenvalue weighted by Gasteiger charge is -2.13. The third kappa shape index (κ3) is 5.23. The number of hydrogen-bond acceptors (Lipinski definition) is 5. The molecule has 0 radical (unpaired) electrons. The number of aryl methyl sites for hydroxylation is 3. The molecule has 0 aliphatic carbocycles. The van der Waals surface area contributed by atoms with Gasteiger partial charge in [0.15, 0.2) is 0 Å². The number of nitrogens with one attached hydrogen (secondary N) is 2. The van der Waals surface area contributed by atoms with Crippen LogP contribution >= 0.6 is 0 Å². The Kier molecular flexibility index (Phi) is 6.82. The maximum Gasteiger partial charge on any atom is 0.259 e. The predicted molar refractivity (Wildman–Crippen MR) is 109 cm³/mol. The molecule has 6 heteroatoms. The van der Waals surface area contributed by atoms with Crippen LogP contribution in [0.4, 0.5) is 5.69 Å². The van der Waals surface area contributed by atoms with E-state index in [4.69, 9.17) is 9.47 Å². The lowest BCUT2D eigenvalue weighted by Crippen LogP contribution is -2.27. The molecule has 2 aromatic rings. The first-order valence-electron chi connectivity index (χ1n) is 8.73. The van der Waals surface area contributed by atoms with E-state index in [1.165, 1.54) is 5.56 Å². The Bertz CT molecular complexity index is 837. The van der Waals surface area contributed by atoms with E-state index in [1.54, 1.807) is 20.3 Å². The van der Waals surface area contributed by atoms with Gasteiger partial charge in [-0.3, -0.25) is 4.79 Å². The van der Waals surface area contributed by atoms with Crippen LogP contribution < -0.4 is 20.2 Å². The Hall–Kier alpha value is -3.02. The molecule has 0 fully saturated rings. The van der Waals surface area contributed by atoms with Crippen LogP contribution in [-0.4, -0.2) is 32.4 Å². The number of hydrazone groups is 1. The van der Waals surface area contributed by atoms with Gasteiger partial charge in [-0.05, 0) is 51.0 Å². The Labute approximate surface area is 160 Å². The minimum Gasteiger partial charge on any atom is -0.497 e. The van der Waals surface area contributed by atoms with Crippen LogP contribution in [0.15, 0.2) is 35.4 Å². The van der Waals surface area contributed by atoms with E-state index in [-0.39, 0.29) is 12.5 Å². The summed E-state index contributed by atoms with van der Waals surface area (Å²) in [6.45, 7) is 8.06. The van der Waals surface area contributed by atoms with Crippen LogP contribution in [0.5, 0.6) is 11.5 Å². The number of methoxy groups -OCH3 is 2. The Morgan fingerprint density at radius 1 is 1.04 bits per heavy atom. The molecule has 0 aliphatic heterocycles. The van der Waals surface area contributed by atoms with Crippen molar-refractivity contribution in [1.29, 1.82) is 0 Å². The first kappa shape index (κ1) is 20.3. The monoisotopic (exact) mass is 369 g/mol. The standard InChI is InChI=1S/C21H27N3O3/c1-13-9-14(2)21(15(3)10-13)22-12-20(25)24-23-16(4)18-8-7-17(26-5)11-19(18)27-6/h7-11,22H,12H2,1-6H3,(H,24,25)/b23-16-. The number of hydrogen-bond donors (Lipinski definition) is 2. The fourth-order valence-electron chi connectivity index (χ4n) is 2.97. The van der Waals surface area contributed by atoms with Gasteiger partial charge in [0.1, 0.15) is 11.5 Å². The zero-order valence-corrected chi connectivity index (χ0v) is 16.8. The molecular formula is C21H27N3O3. The minimum atomic E-state index is -0.221. The summed E-state index contributed by atoms with van der Waals surface area (Å²) in [5.41, 5.74) is 8.42. The molecule has 27 heavy (non-hydrogen) atoms. The van der Waals surface area contributed by atoms with Crippen LogP contribution in [0.2, 0.25) is 0 Å². The van der Waals surface area contributed by atoms with E-state index in [9.17, 15) is 4.79 Å². The van der Waals surface area contributed by atoms with Crippen molar-refractivity contribution in [3.05, 3.63) is 52.6 Å². The smallest absolute Gasteiger partial charge is 0.259 e. The largest absolute Gasteiger partial charge is 0.497 e. The number of anilines is 1. The minimum absolute atomic E-state index is 0.140. The van der Waals surface area contributed by atoms with E-state index in [0.717, 1.165) is 22.4 Å². The SMILES string of the molecule is COc1ccc(/C(C)=N\NC(=O)CNc2c(C)cc(C)cc2C)c(OC)c1. The van der Waals surface area contributed by atoms with Crippen LogP contribution in [-0.2, 0) is 4.79 Å². The number of benzene rings is 2. The van der Waals surface area contributed by atoms with E-state index >= 15 is 0 Å². The van der Waals surface area contributed by atoms with Crippen molar-refractivity contribution in [1.82, 2.24) is 5.43 Å². The van der Waals surface area contributed by atoms with E-state index in [0.29, 0.717) is 17.2 Å². The summed E-state index contributed by atoms with van der Waals surface area (Å²) in [5, 5.41) is 7.37. The molecule has 2 aromatic carbocycles. The lowest BCUT2D eigenvalue weighted by atomic mass is 10.1. The fraction of sp³-hybridized carbons (Fsp3) is 0.333. The molecule has 0 aliphatic rings. The molecule has 0 spiro atoms. The molecule has 1 amide bonds. The van der Waals surface area contributed by atoms with Crippen molar-refractivity contribution >= 4 is 17.3 Å². The van der Waals surface area contributed by atoms with E-state index in [2.05, 4.69) is 34.9 Å². The van der Waals surface area contributed by atoms with Crippen molar-refractivity contribution in [3.63, 3.8) is 0 Å². The van der Waals surface area contributed by atoms with Crippen molar-refractivity contribution in [2.75, 3.05) is 26.1 Å². The average Bonchev–Trinajstić information content (AvgIpc) is 2.64. The second-order valence-corrected chi connectivity index (χ2v) is 6.43. The fourth-order valence-corrected chi connectivity index (χ4v) is 2.97. The average molecular weight is 369 g/mol. The van der Waals surface area contributed by atoms with Crippen LogP contribution in [0.1, 0.15) is 29.2 Å².